The molecule has 11 rings (SSSR count). The van der Waals surface area contributed by atoms with Gasteiger partial charge in [-0.05, 0) is 126 Å². The Kier molecular flexibility index (Phi) is 9.46. The predicted molar refractivity (Wildman–Crippen MR) is 280 cm³/mol. The minimum atomic E-state index is -0.664. The molecule has 0 fully saturated rings. The van der Waals surface area contributed by atoms with E-state index < -0.39 is 5.41 Å². The van der Waals surface area contributed by atoms with Gasteiger partial charge in [0.2, 0.25) is 11.4 Å². The smallest absolute Gasteiger partial charge is 0.457 e. The summed E-state index contributed by atoms with van der Waals surface area (Å²) in [6, 6.07) is 53.2. The van der Waals surface area contributed by atoms with E-state index in [1.165, 1.54) is 24.3 Å². The first-order valence-corrected chi connectivity index (χ1v) is 23.0. The molecule has 336 valence electrons. The highest BCUT2D eigenvalue weighted by Gasteiger charge is 2.39. The number of rotatable bonds is 8. The maximum Gasteiger partial charge on any atom is 0.503 e. The molecule has 1 aliphatic rings. The molecule has 0 aliphatic carbocycles. The highest BCUT2D eigenvalue weighted by atomic mass is 19.1. The first-order valence-electron chi connectivity index (χ1n) is 25.0. The van der Waals surface area contributed by atoms with E-state index in [1.807, 2.05) is 127 Å². The van der Waals surface area contributed by atoms with E-state index in [4.69, 9.17) is 9.72 Å². The molecular formula is C62H50F2N4O+2. The average Bonchev–Trinajstić information content (AvgIpc) is 3.91. The molecule has 0 N–H and O–H groups in total. The number of pyridine rings is 1. The second-order valence-electron chi connectivity index (χ2n) is 19.5. The van der Waals surface area contributed by atoms with Crippen LogP contribution in [0.15, 0.2) is 194 Å². The zero-order valence-electron chi connectivity index (χ0n) is 43.1. The van der Waals surface area contributed by atoms with Gasteiger partial charge in [-0.1, -0.05) is 126 Å². The van der Waals surface area contributed by atoms with E-state index in [2.05, 4.69) is 49.5 Å². The molecule has 5 nitrogen and oxygen atoms in total. The van der Waals surface area contributed by atoms with Gasteiger partial charge >= 0.3 is 6.01 Å². The lowest BCUT2D eigenvalue weighted by molar-refractivity contribution is 0.483. The molecule has 8 aromatic carbocycles. The highest BCUT2D eigenvalue weighted by Crippen LogP contribution is 2.46. The van der Waals surface area contributed by atoms with Crippen molar-refractivity contribution < 1.29 is 19.0 Å². The Balaban J connectivity index is 1.16. The van der Waals surface area contributed by atoms with Crippen LogP contribution >= 0.6 is 0 Å². The van der Waals surface area contributed by atoms with Crippen LogP contribution in [0.5, 0.6) is 11.5 Å². The van der Waals surface area contributed by atoms with Crippen molar-refractivity contribution in [3.8, 4) is 50.7 Å². The van der Waals surface area contributed by atoms with E-state index in [1.54, 1.807) is 30.3 Å². The van der Waals surface area contributed by atoms with Crippen LogP contribution in [-0.4, -0.2) is 15.6 Å². The number of nitrogens with zero attached hydrogens (tertiary/aromatic N) is 4. The number of aromatic nitrogens is 2. The summed E-state index contributed by atoms with van der Waals surface area (Å²) in [5.74, 6) is 0.926. The summed E-state index contributed by atoms with van der Waals surface area (Å²) in [6.45, 7) is 12.2. The molecule has 0 saturated heterocycles. The number of hydrogen-bond acceptors (Lipinski definition) is 2. The number of fused-ring (bicyclic) bond motifs is 4. The van der Waals surface area contributed by atoms with Crippen molar-refractivity contribution >= 4 is 50.6 Å². The van der Waals surface area contributed by atoms with Crippen LogP contribution in [0.1, 0.15) is 58.2 Å². The van der Waals surface area contributed by atoms with Gasteiger partial charge in [0, 0.05) is 41.2 Å². The molecule has 0 unspecified atom stereocenters. The standard InChI is InChI=1S/C62H50F2N4O/c1-61(2,3)44-24-18-40(19-25-44)43-34-48(37-50(35-43)69-49-30-31-54-53-12-7-8-15-55(53)68(58(54)38-49)59-36-45(32-33-65-59)62(4,5)6)66-39-67(57-17-10-9-16-56(57)66)60-51(41-20-26-46(63)27-21-41)13-11-14-52(60)42-22-28-47(64)29-23-42/h7-38H,1-6H3/q+2/i18D,19D,24D,25D. The lowest BCUT2D eigenvalue weighted by Crippen LogP contribution is -2.12. The SMILES string of the molecule is [2H]c1c([2H])c(C(C)(C)C)c([2H])c([2H])c1-c1cc(Oc2ccc3c4ccccc4n(-c4cc(C(C)(C)C)ccn4)c3c2)cc([N+]2=C=[N+](c3c(-c4ccc(F)cc4)cccc3-c3ccc(F)cc3)c3ccccc32)c1. The molecule has 0 bridgehead atoms. The van der Waals surface area contributed by atoms with Crippen LogP contribution < -0.4 is 13.9 Å². The Hall–Kier alpha value is -8.25. The van der Waals surface area contributed by atoms with Gasteiger partial charge in [-0.25, -0.2) is 13.8 Å². The molecule has 0 radical (unpaired) electrons. The van der Waals surface area contributed by atoms with Crippen LogP contribution in [0.3, 0.4) is 0 Å². The summed E-state index contributed by atoms with van der Waals surface area (Å²) in [5, 5.41) is 2.08. The van der Waals surface area contributed by atoms with Crippen molar-refractivity contribution in [2.75, 3.05) is 0 Å². The fourth-order valence-electron chi connectivity index (χ4n) is 9.08. The molecule has 3 heterocycles. The van der Waals surface area contributed by atoms with Crippen molar-refractivity contribution in [1.82, 2.24) is 18.7 Å². The normalized spacial score (nSPS) is 13.4. The number of halogens is 2. The number of hydrogen-bond donors (Lipinski definition) is 0. The Morgan fingerprint density at radius 1 is 0.522 bits per heavy atom. The molecule has 1 aliphatic heterocycles. The van der Waals surface area contributed by atoms with E-state index in [0.717, 1.165) is 66.8 Å². The molecule has 69 heavy (non-hydrogen) atoms. The summed E-state index contributed by atoms with van der Waals surface area (Å²) in [6.07, 6.45) is 1.85. The quantitative estimate of drug-likeness (QED) is 0.142. The molecule has 2 aromatic heterocycles. The Morgan fingerprint density at radius 3 is 1.78 bits per heavy atom. The number of para-hydroxylation sites is 4. The minimum absolute atomic E-state index is 0.111. The second kappa shape index (κ2) is 16.8. The van der Waals surface area contributed by atoms with Crippen molar-refractivity contribution in [3.63, 3.8) is 0 Å². The van der Waals surface area contributed by atoms with E-state index in [-0.39, 0.29) is 46.8 Å². The number of ether oxygens (including phenoxy) is 1. The fourth-order valence-corrected chi connectivity index (χ4v) is 9.08. The first kappa shape index (κ1) is 38.8. The molecule has 0 atom stereocenters. The third-order valence-corrected chi connectivity index (χ3v) is 12.7. The van der Waals surface area contributed by atoms with Gasteiger partial charge in [-0.15, -0.1) is 0 Å². The number of benzene rings is 8. The van der Waals surface area contributed by atoms with Gasteiger partial charge in [-0.3, -0.25) is 4.57 Å². The summed E-state index contributed by atoms with van der Waals surface area (Å²) in [7, 11) is 0. The van der Waals surface area contributed by atoms with Crippen LogP contribution in [0.25, 0.3) is 61.0 Å². The first-order chi connectivity index (χ1) is 34.9. The summed E-state index contributed by atoms with van der Waals surface area (Å²) in [5.41, 5.74) is 8.93. The molecular weight excluding hydrogens is 855 g/mol. The van der Waals surface area contributed by atoms with E-state index in [9.17, 15) is 14.3 Å². The van der Waals surface area contributed by atoms with Crippen LogP contribution in [0.2, 0.25) is 0 Å². The van der Waals surface area contributed by atoms with E-state index in [0.29, 0.717) is 34.0 Å². The lowest BCUT2D eigenvalue weighted by atomic mass is 9.86. The molecule has 0 amide bonds. The zero-order chi connectivity index (χ0) is 51.1. The van der Waals surface area contributed by atoms with E-state index >= 15 is 0 Å². The molecule has 10 aromatic rings. The third kappa shape index (κ3) is 8.11. The minimum Gasteiger partial charge on any atom is -0.457 e. The van der Waals surface area contributed by atoms with Gasteiger partial charge in [-0.2, -0.15) is 0 Å². The van der Waals surface area contributed by atoms with Gasteiger partial charge < -0.3 is 4.74 Å². The van der Waals surface area contributed by atoms with Crippen molar-refractivity contribution in [1.29, 1.82) is 0 Å². The van der Waals surface area contributed by atoms with Gasteiger partial charge in [0.1, 0.15) is 29.0 Å². The molecule has 0 spiro atoms. The van der Waals surface area contributed by atoms with Crippen LogP contribution in [0.4, 0.5) is 31.5 Å². The monoisotopic (exact) mass is 908 g/mol. The predicted octanol–water partition coefficient (Wildman–Crippen LogP) is 16.7. The Morgan fingerprint density at radius 2 is 1.13 bits per heavy atom. The van der Waals surface area contributed by atoms with Gasteiger partial charge in [0.15, 0.2) is 0 Å². The largest absolute Gasteiger partial charge is 0.503 e. The average molecular weight is 909 g/mol. The van der Waals surface area contributed by atoms with Crippen molar-refractivity contribution in [3.05, 3.63) is 217 Å². The maximum atomic E-state index is 14.4. The van der Waals surface area contributed by atoms with Crippen LogP contribution in [0, 0.1) is 11.6 Å². The summed E-state index contributed by atoms with van der Waals surface area (Å²) >= 11 is 0. The van der Waals surface area contributed by atoms with Gasteiger partial charge in [0.25, 0.3) is 11.4 Å². The summed E-state index contributed by atoms with van der Waals surface area (Å²) < 4.78 is 79.1. The van der Waals surface area contributed by atoms with Crippen molar-refractivity contribution in [2.24, 2.45) is 0 Å². The zero-order valence-corrected chi connectivity index (χ0v) is 39.1. The lowest BCUT2D eigenvalue weighted by Gasteiger charge is -2.20. The maximum absolute atomic E-state index is 14.4. The Labute approximate surface area is 406 Å². The fraction of sp³-hybridized carbons (Fsp3) is 0.129. The second-order valence-corrected chi connectivity index (χ2v) is 19.5. The molecule has 0 saturated carbocycles. The topological polar surface area (TPSA) is 33.1 Å². The van der Waals surface area contributed by atoms with Crippen molar-refractivity contribution in [2.45, 2.75) is 52.4 Å². The Bertz CT molecular complexity index is 3860. The molecule has 7 heteroatoms. The third-order valence-electron chi connectivity index (χ3n) is 12.7. The van der Waals surface area contributed by atoms with Gasteiger partial charge in [0.05, 0.1) is 33.7 Å². The highest BCUT2D eigenvalue weighted by molar-refractivity contribution is 6.09. The van der Waals surface area contributed by atoms with Crippen LogP contribution in [-0.2, 0) is 10.8 Å². The summed E-state index contributed by atoms with van der Waals surface area (Å²) in [4.78, 5) is 4.87.